The van der Waals surface area contributed by atoms with Crippen molar-refractivity contribution in [2.75, 3.05) is 6.61 Å². The summed E-state index contributed by atoms with van der Waals surface area (Å²) in [5.74, 6) is 0.903. The highest BCUT2D eigenvalue weighted by molar-refractivity contribution is 5.82. The topological polar surface area (TPSA) is 63.6 Å². The molecule has 0 aromatic heterocycles. The van der Waals surface area contributed by atoms with Crippen molar-refractivity contribution >= 4 is 18.3 Å². The first-order valence-electron chi connectivity index (χ1n) is 13.6. The zero-order valence-corrected chi connectivity index (χ0v) is 21.9. The summed E-state index contributed by atoms with van der Waals surface area (Å²) < 4.78 is 4.91. The Hall–Kier alpha value is -2.72. The van der Waals surface area contributed by atoms with E-state index < -0.39 is 0 Å². The smallest absolute Gasteiger partial charge is 0.330 e. The molecular weight excluding hydrogens is 448 g/mol. The summed E-state index contributed by atoms with van der Waals surface area (Å²) in [4.78, 5) is 22.9. The molecule has 0 saturated heterocycles. The van der Waals surface area contributed by atoms with Gasteiger partial charge in [0.15, 0.2) is 0 Å². The van der Waals surface area contributed by atoms with E-state index in [9.17, 15) is 14.7 Å². The molecule has 3 aliphatic rings. The minimum absolute atomic E-state index is 0.0709. The number of fused-ring (bicyclic) bond motifs is 3. The Morgan fingerprint density at radius 3 is 2.61 bits per heavy atom. The van der Waals surface area contributed by atoms with Gasteiger partial charge in [-0.1, -0.05) is 68.3 Å². The van der Waals surface area contributed by atoms with Crippen molar-refractivity contribution in [1.29, 1.82) is 0 Å². The Morgan fingerprint density at radius 2 is 1.92 bits per heavy atom. The summed E-state index contributed by atoms with van der Waals surface area (Å²) in [6, 6.07) is 8.69. The predicted molar refractivity (Wildman–Crippen MR) is 144 cm³/mol. The third-order valence-electron chi connectivity index (χ3n) is 8.75. The largest absolute Gasteiger partial charge is 0.463 e. The van der Waals surface area contributed by atoms with Crippen molar-refractivity contribution in [2.24, 2.45) is 17.3 Å². The normalized spacial score (nSPS) is 31.2. The highest BCUT2D eigenvalue weighted by Gasteiger charge is 2.56. The van der Waals surface area contributed by atoms with Gasteiger partial charge in [-0.2, -0.15) is 0 Å². The maximum Gasteiger partial charge on any atom is 0.330 e. The molecule has 4 rings (SSSR count). The average Bonchev–Trinajstić information content (AvgIpc) is 3.17. The summed E-state index contributed by atoms with van der Waals surface area (Å²) in [5, 5.41) is 11.1. The molecule has 1 N–H and O–H groups in total. The van der Waals surface area contributed by atoms with Gasteiger partial charge in [-0.05, 0) is 91.0 Å². The Bertz CT molecular complexity index is 1070. The van der Waals surface area contributed by atoms with E-state index in [1.807, 2.05) is 12.2 Å². The Morgan fingerprint density at radius 1 is 1.14 bits per heavy atom. The predicted octanol–water partition coefficient (Wildman–Crippen LogP) is 6.72. The number of carbonyl (C=O) groups is 2. The molecule has 4 heteroatoms. The molecule has 1 aromatic carbocycles. The van der Waals surface area contributed by atoms with Crippen molar-refractivity contribution in [3.63, 3.8) is 0 Å². The molecule has 0 spiro atoms. The van der Waals surface area contributed by atoms with E-state index in [2.05, 4.69) is 38.1 Å². The molecule has 4 nitrogen and oxygen atoms in total. The Labute approximate surface area is 215 Å². The fraction of sp³-hybridized carbons (Fsp3) is 0.500. The van der Waals surface area contributed by atoms with Crippen molar-refractivity contribution < 1.29 is 19.4 Å². The van der Waals surface area contributed by atoms with Gasteiger partial charge in [0.05, 0.1) is 12.7 Å². The first kappa shape index (κ1) is 26.3. The molecule has 5 atom stereocenters. The van der Waals surface area contributed by atoms with Crippen molar-refractivity contribution in [3.8, 4) is 0 Å². The van der Waals surface area contributed by atoms with Gasteiger partial charge in [0.1, 0.15) is 6.29 Å². The maximum absolute atomic E-state index is 11.5. The molecule has 5 unspecified atom stereocenters. The van der Waals surface area contributed by atoms with Crippen LogP contribution in [0.5, 0.6) is 0 Å². The Kier molecular flexibility index (Phi) is 8.46. The molecule has 192 valence electrons. The number of esters is 1. The number of aldehydes is 1. The van der Waals surface area contributed by atoms with Crippen LogP contribution < -0.4 is 0 Å². The second kappa shape index (κ2) is 11.6. The molecule has 2 saturated carbocycles. The molecule has 3 aliphatic carbocycles. The summed E-state index contributed by atoms with van der Waals surface area (Å²) in [7, 11) is 0. The standard InChI is InChI=1S/C32H40O4/c1-4-8-25-24(19-20-33)15-16-26-28-17-18-29(34)32(28,3)21-27(31(25)26)23-13-11-22(12-14-23)9-6-7-10-30(35)36-5-2/h6-7,9-14,19-20,26-29,34H,4-5,8,15-18,21H2,1-3H3/b9-6+,10-7+,24-19-. The molecule has 0 amide bonds. The molecule has 36 heavy (non-hydrogen) atoms. The number of aliphatic hydroxyl groups is 1. The van der Waals surface area contributed by atoms with E-state index >= 15 is 0 Å². The van der Waals surface area contributed by atoms with Crippen LogP contribution in [0.25, 0.3) is 6.08 Å². The zero-order valence-electron chi connectivity index (χ0n) is 21.9. The van der Waals surface area contributed by atoms with Gasteiger partial charge in [0.2, 0.25) is 0 Å². The number of ether oxygens (including phenoxy) is 1. The third kappa shape index (κ3) is 5.20. The lowest BCUT2D eigenvalue weighted by atomic mass is 9.53. The molecule has 0 heterocycles. The van der Waals surface area contributed by atoms with Crippen LogP contribution in [0.2, 0.25) is 0 Å². The van der Waals surface area contributed by atoms with Gasteiger partial charge in [0.25, 0.3) is 0 Å². The summed E-state index contributed by atoms with van der Waals surface area (Å²) in [5.41, 5.74) is 6.44. The minimum Gasteiger partial charge on any atom is -0.463 e. The molecule has 0 bridgehead atoms. The lowest BCUT2D eigenvalue weighted by Gasteiger charge is -2.51. The van der Waals surface area contributed by atoms with Gasteiger partial charge in [-0.15, -0.1) is 0 Å². The molecule has 0 radical (unpaired) electrons. The molecule has 1 aromatic rings. The first-order chi connectivity index (χ1) is 17.4. The van der Waals surface area contributed by atoms with Crippen molar-refractivity contribution in [2.45, 2.75) is 77.7 Å². The van der Waals surface area contributed by atoms with E-state index in [0.717, 1.165) is 56.8 Å². The number of carbonyl (C=O) groups excluding carboxylic acids is 2. The van der Waals surface area contributed by atoms with Crippen LogP contribution in [0, 0.1) is 17.3 Å². The summed E-state index contributed by atoms with van der Waals surface area (Å²) in [6.07, 6.45) is 16.5. The van der Waals surface area contributed by atoms with E-state index in [4.69, 9.17) is 4.74 Å². The van der Waals surface area contributed by atoms with Crippen molar-refractivity contribution in [1.82, 2.24) is 0 Å². The van der Waals surface area contributed by atoms with Crippen molar-refractivity contribution in [3.05, 3.63) is 76.4 Å². The number of hydrogen-bond donors (Lipinski definition) is 1. The SMILES string of the molecule is CCCC1=C2C(c3ccc(/C=C/C=C/C(=O)OCC)cc3)CC3(C)C(O)CCC3C2CC/C1=C/C=O. The van der Waals surface area contributed by atoms with Crippen LogP contribution in [-0.2, 0) is 14.3 Å². The molecule has 2 fully saturated rings. The van der Waals surface area contributed by atoms with Crippen LogP contribution in [0.4, 0.5) is 0 Å². The lowest BCUT2D eigenvalue weighted by molar-refractivity contribution is -0.137. The van der Waals surface area contributed by atoms with Gasteiger partial charge in [-0.3, -0.25) is 4.79 Å². The minimum atomic E-state index is -0.336. The maximum atomic E-state index is 11.5. The Balaban J connectivity index is 1.68. The second-order valence-electron chi connectivity index (χ2n) is 10.8. The zero-order chi connectivity index (χ0) is 25.7. The van der Waals surface area contributed by atoms with E-state index in [0.29, 0.717) is 18.4 Å². The van der Waals surface area contributed by atoms with E-state index in [1.54, 1.807) is 19.1 Å². The van der Waals surface area contributed by atoms with Crippen LogP contribution in [0.15, 0.2) is 65.3 Å². The third-order valence-corrected chi connectivity index (χ3v) is 8.75. The average molecular weight is 489 g/mol. The van der Waals surface area contributed by atoms with E-state index in [1.165, 1.54) is 28.4 Å². The van der Waals surface area contributed by atoms with Crippen LogP contribution in [-0.4, -0.2) is 30.1 Å². The molecule has 0 aliphatic heterocycles. The van der Waals surface area contributed by atoms with Gasteiger partial charge in [0, 0.05) is 12.0 Å². The highest BCUT2D eigenvalue weighted by atomic mass is 16.5. The van der Waals surface area contributed by atoms with Gasteiger partial charge in [-0.25, -0.2) is 4.79 Å². The fourth-order valence-corrected chi connectivity index (χ4v) is 7.10. The van der Waals surface area contributed by atoms with Crippen LogP contribution >= 0.6 is 0 Å². The fourth-order valence-electron chi connectivity index (χ4n) is 7.10. The second-order valence-corrected chi connectivity index (χ2v) is 10.8. The number of rotatable bonds is 8. The number of benzene rings is 1. The summed E-state index contributed by atoms with van der Waals surface area (Å²) in [6.45, 7) is 6.69. The lowest BCUT2D eigenvalue weighted by Crippen LogP contribution is -2.44. The number of allylic oxidation sites excluding steroid dienone is 6. The van der Waals surface area contributed by atoms with E-state index in [-0.39, 0.29) is 23.4 Å². The first-order valence-corrected chi connectivity index (χ1v) is 13.6. The van der Waals surface area contributed by atoms with Gasteiger partial charge >= 0.3 is 5.97 Å². The number of hydrogen-bond acceptors (Lipinski definition) is 4. The van der Waals surface area contributed by atoms with Crippen LogP contribution in [0.3, 0.4) is 0 Å². The number of aliphatic hydroxyl groups excluding tert-OH is 1. The van der Waals surface area contributed by atoms with Gasteiger partial charge < -0.3 is 9.84 Å². The quantitative estimate of drug-likeness (QED) is 0.191. The van der Waals surface area contributed by atoms with Crippen LogP contribution in [0.1, 0.15) is 82.8 Å². The molecular formula is C32H40O4. The highest BCUT2D eigenvalue weighted by Crippen LogP contribution is 2.63. The summed E-state index contributed by atoms with van der Waals surface area (Å²) >= 11 is 0. The monoisotopic (exact) mass is 488 g/mol.